The first-order chi connectivity index (χ1) is 6.54. The van der Waals surface area contributed by atoms with Gasteiger partial charge in [-0.25, -0.2) is 0 Å². The molecule has 0 saturated heterocycles. The first-order valence-corrected chi connectivity index (χ1v) is 3.80. The van der Waals surface area contributed by atoms with E-state index < -0.39 is 17.7 Å². The molecule has 0 aliphatic heterocycles. The largest absolute Gasteiger partial charge is 0.335 e. The van der Waals surface area contributed by atoms with Gasteiger partial charge in [-0.05, 0) is 12.5 Å². The fraction of sp³-hybridized carbons (Fsp3) is 0.571. The third-order valence-corrected chi connectivity index (χ3v) is 1.77. The highest BCUT2D eigenvalue weighted by molar-refractivity contribution is 6.27. The molecule has 0 saturated carbocycles. The number of aldehydes is 1. The number of ketones is 1. The van der Waals surface area contributed by atoms with Crippen LogP contribution in [0.5, 0.6) is 0 Å². The van der Waals surface area contributed by atoms with Gasteiger partial charge < -0.3 is 4.90 Å². The molecule has 0 aromatic rings. The Morgan fingerprint density at radius 1 is 1.64 bits per heavy atom. The average Bonchev–Trinajstić information content (AvgIpc) is 2.22. The zero-order valence-corrected chi connectivity index (χ0v) is 7.88. The summed E-state index contributed by atoms with van der Waals surface area (Å²) in [5.41, 5.74) is 7.96. The Morgan fingerprint density at radius 2 is 2.21 bits per heavy atom. The molecule has 0 heterocycles. The summed E-state index contributed by atoms with van der Waals surface area (Å²) in [5, 5.41) is 3.05. The number of amides is 1. The van der Waals surface area contributed by atoms with Crippen molar-refractivity contribution in [1.29, 1.82) is 0 Å². The second-order valence-electron chi connectivity index (χ2n) is 2.59. The van der Waals surface area contributed by atoms with Crippen LogP contribution in [0.3, 0.4) is 0 Å². The number of hydrogen-bond acceptors (Lipinski definition) is 4. The maximum absolute atomic E-state index is 11.2. The van der Waals surface area contributed by atoms with E-state index in [9.17, 15) is 14.4 Å². The number of likely N-dealkylation sites (N-methyl/N-ethyl adjacent to an activating group) is 1. The lowest BCUT2D eigenvalue weighted by atomic mass is 10.2. The second-order valence-corrected chi connectivity index (χ2v) is 2.59. The quantitative estimate of drug-likeness (QED) is 0.203. The van der Waals surface area contributed by atoms with E-state index in [-0.39, 0.29) is 12.8 Å². The predicted molar refractivity (Wildman–Crippen MR) is 47.3 cm³/mol. The third-order valence-electron chi connectivity index (χ3n) is 1.77. The van der Waals surface area contributed by atoms with Gasteiger partial charge in [-0.3, -0.25) is 14.4 Å². The van der Waals surface area contributed by atoms with E-state index in [4.69, 9.17) is 5.53 Å². The molecule has 0 rings (SSSR count). The van der Waals surface area contributed by atoms with Gasteiger partial charge in [-0.15, -0.1) is 0 Å². The summed E-state index contributed by atoms with van der Waals surface area (Å²) in [5.74, 6) is -1.20. The van der Waals surface area contributed by atoms with Crippen molar-refractivity contribution in [1.82, 2.24) is 4.90 Å². The normalized spacial score (nSPS) is 11.0. The molecule has 0 aliphatic carbocycles. The number of nitrogens with zero attached hydrogens (tertiary/aromatic N) is 4. The molecule has 14 heavy (non-hydrogen) atoms. The second kappa shape index (κ2) is 5.71. The number of Topliss-reactive ketones (excluding diaryl/α,β-unsaturated/α-hetero) is 1. The number of rotatable bonds is 5. The van der Waals surface area contributed by atoms with Crippen molar-refractivity contribution >= 4 is 18.0 Å². The topological polar surface area (TPSA) is 103 Å². The van der Waals surface area contributed by atoms with E-state index in [2.05, 4.69) is 10.0 Å². The molecule has 0 bridgehead atoms. The fourth-order valence-electron chi connectivity index (χ4n) is 0.709. The highest BCUT2D eigenvalue weighted by Gasteiger charge is 2.20. The van der Waals surface area contributed by atoms with Crippen molar-refractivity contribution in [3.05, 3.63) is 10.4 Å². The zero-order chi connectivity index (χ0) is 11.1. The molecule has 0 fully saturated rings. The summed E-state index contributed by atoms with van der Waals surface area (Å²) in [7, 11) is 1.36. The summed E-state index contributed by atoms with van der Waals surface area (Å²) < 4.78 is 0. The molecule has 7 nitrogen and oxygen atoms in total. The monoisotopic (exact) mass is 198 g/mol. The van der Waals surface area contributed by atoms with E-state index in [0.717, 1.165) is 4.90 Å². The van der Waals surface area contributed by atoms with Crippen molar-refractivity contribution in [2.24, 2.45) is 5.11 Å². The Kier molecular flexibility index (Phi) is 4.95. The summed E-state index contributed by atoms with van der Waals surface area (Å²) in [6, 6.07) is -0.825. The lowest BCUT2D eigenvalue weighted by Gasteiger charge is -2.21. The van der Waals surface area contributed by atoms with Crippen molar-refractivity contribution in [2.45, 2.75) is 13.0 Å². The van der Waals surface area contributed by atoms with Gasteiger partial charge in [0.1, 0.15) is 6.54 Å². The summed E-state index contributed by atoms with van der Waals surface area (Å²) in [4.78, 5) is 35.6. The molecule has 0 radical (unpaired) electrons. The van der Waals surface area contributed by atoms with Crippen molar-refractivity contribution in [3.8, 4) is 0 Å². The van der Waals surface area contributed by atoms with Crippen LogP contribution in [0, 0.1) is 0 Å². The minimum Gasteiger partial charge on any atom is -0.335 e. The van der Waals surface area contributed by atoms with Gasteiger partial charge in [-0.1, -0.05) is 5.11 Å². The zero-order valence-electron chi connectivity index (χ0n) is 7.88. The molecule has 1 unspecified atom stereocenters. The van der Waals surface area contributed by atoms with Crippen LogP contribution in [-0.2, 0) is 14.4 Å². The first-order valence-electron chi connectivity index (χ1n) is 3.80. The van der Waals surface area contributed by atoms with Gasteiger partial charge in [-0.2, -0.15) is 0 Å². The van der Waals surface area contributed by atoms with Gasteiger partial charge in [0.2, 0.25) is 11.7 Å². The van der Waals surface area contributed by atoms with E-state index >= 15 is 0 Å². The maximum Gasteiger partial charge on any atom is 0.228 e. The van der Waals surface area contributed by atoms with Crippen LogP contribution in [0.15, 0.2) is 5.11 Å². The maximum atomic E-state index is 11.2. The van der Waals surface area contributed by atoms with E-state index in [1.807, 2.05) is 0 Å². The number of azide groups is 1. The Labute approximate surface area is 80.3 Å². The van der Waals surface area contributed by atoms with Crippen LogP contribution in [-0.4, -0.2) is 42.5 Å². The molecule has 0 N–H and O–H groups in total. The van der Waals surface area contributed by atoms with Gasteiger partial charge in [0.15, 0.2) is 6.29 Å². The Balaban J connectivity index is 4.37. The first kappa shape index (κ1) is 12.1. The van der Waals surface area contributed by atoms with Crippen molar-refractivity contribution in [2.75, 3.05) is 13.6 Å². The SMILES string of the molecule is CC(C(=O)C=O)N(C)C(=O)CN=[N+]=[N-]. The Hall–Kier alpha value is -1.88. The lowest BCUT2D eigenvalue weighted by molar-refractivity contribution is -0.139. The fourth-order valence-corrected chi connectivity index (χ4v) is 0.709. The van der Waals surface area contributed by atoms with Crippen LogP contribution in [0.4, 0.5) is 0 Å². The molecule has 0 spiro atoms. The number of hydrogen-bond donors (Lipinski definition) is 0. The number of carbonyl (C=O) groups is 3. The van der Waals surface area contributed by atoms with Gasteiger partial charge in [0.05, 0.1) is 6.04 Å². The van der Waals surface area contributed by atoms with E-state index in [1.54, 1.807) is 0 Å². The summed E-state index contributed by atoms with van der Waals surface area (Å²) in [6.45, 7) is 1.06. The molecule has 0 aromatic carbocycles. The predicted octanol–water partition coefficient (Wildman–Crippen LogP) is -0.0884. The standard InChI is InChI=1S/C7H10N4O3/c1-5(6(13)4-12)11(2)7(14)3-9-10-8/h4-5H,3H2,1-2H3. The van der Waals surface area contributed by atoms with Crippen LogP contribution in [0.1, 0.15) is 6.92 Å². The van der Waals surface area contributed by atoms with Crippen LogP contribution in [0.2, 0.25) is 0 Å². The molecular formula is C7H10N4O3. The molecule has 1 amide bonds. The van der Waals surface area contributed by atoms with E-state index in [1.165, 1.54) is 14.0 Å². The van der Waals surface area contributed by atoms with Crippen molar-refractivity contribution in [3.63, 3.8) is 0 Å². The van der Waals surface area contributed by atoms with Gasteiger partial charge in [0, 0.05) is 12.0 Å². The Bertz CT molecular complexity index is 295. The minimum absolute atomic E-state index is 0.155. The average molecular weight is 198 g/mol. The molecule has 7 heteroatoms. The minimum atomic E-state index is -0.825. The third kappa shape index (κ3) is 3.24. The highest BCUT2D eigenvalue weighted by Crippen LogP contribution is 1.97. The molecule has 0 aromatic heterocycles. The lowest BCUT2D eigenvalue weighted by Crippen LogP contribution is -2.41. The summed E-state index contributed by atoms with van der Waals surface area (Å²) >= 11 is 0. The summed E-state index contributed by atoms with van der Waals surface area (Å²) in [6.07, 6.45) is 0.155. The molecular weight excluding hydrogens is 188 g/mol. The smallest absolute Gasteiger partial charge is 0.228 e. The van der Waals surface area contributed by atoms with E-state index in [0.29, 0.717) is 0 Å². The highest BCUT2D eigenvalue weighted by atomic mass is 16.2. The van der Waals surface area contributed by atoms with Crippen LogP contribution in [0.25, 0.3) is 10.4 Å². The van der Waals surface area contributed by atoms with Gasteiger partial charge in [0.25, 0.3) is 0 Å². The van der Waals surface area contributed by atoms with Crippen LogP contribution >= 0.6 is 0 Å². The Morgan fingerprint density at radius 3 is 2.64 bits per heavy atom. The number of carbonyl (C=O) groups excluding carboxylic acids is 3. The molecule has 1 atom stereocenters. The molecule has 0 aliphatic rings. The van der Waals surface area contributed by atoms with Crippen LogP contribution < -0.4 is 0 Å². The molecule has 76 valence electrons. The van der Waals surface area contributed by atoms with Gasteiger partial charge >= 0.3 is 0 Å². The van der Waals surface area contributed by atoms with Crippen molar-refractivity contribution < 1.29 is 14.4 Å².